The Balaban J connectivity index is 1.78. The van der Waals surface area contributed by atoms with Crippen LogP contribution in [0, 0.1) is 17.8 Å². The first-order chi connectivity index (χ1) is 6.27. The van der Waals surface area contributed by atoms with Gasteiger partial charge in [-0.15, -0.1) is 0 Å². The van der Waals surface area contributed by atoms with Crippen LogP contribution < -0.4 is 5.32 Å². The standard InChI is InChI=1S/C10H17NO2/c12-10(13)4-3-9(7-1-2-7)8-5-11-6-8/h7-9,11H,1-6H2,(H,12,13). The van der Waals surface area contributed by atoms with Gasteiger partial charge in [0, 0.05) is 6.42 Å². The molecular weight excluding hydrogens is 166 g/mol. The molecule has 0 aromatic rings. The Morgan fingerprint density at radius 2 is 2.08 bits per heavy atom. The number of rotatable bonds is 5. The van der Waals surface area contributed by atoms with Gasteiger partial charge in [-0.3, -0.25) is 4.79 Å². The average molecular weight is 183 g/mol. The first-order valence-electron chi connectivity index (χ1n) is 5.20. The van der Waals surface area contributed by atoms with Gasteiger partial charge >= 0.3 is 5.97 Å². The van der Waals surface area contributed by atoms with Crippen LogP contribution in [0.15, 0.2) is 0 Å². The molecular formula is C10H17NO2. The Morgan fingerprint density at radius 3 is 2.46 bits per heavy atom. The minimum absolute atomic E-state index is 0.359. The third-order valence-electron chi connectivity index (χ3n) is 3.34. The molecule has 1 saturated carbocycles. The monoisotopic (exact) mass is 183 g/mol. The highest BCUT2D eigenvalue weighted by atomic mass is 16.4. The Labute approximate surface area is 78.5 Å². The molecule has 1 atom stereocenters. The van der Waals surface area contributed by atoms with Crippen LogP contribution in [0.4, 0.5) is 0 Å². The summed E-state index contributed by atoms with van der Waals surface area (Å²) in [5, 5.41) is 11.9. The second kappa shape index (κ2) is 3.66. The molecule has 2 N–H and O–H groups in total. The van der Waals surface area contributed by atoms with Gasteiger partial charge in [0.2, 0.25) is 0 Å². The fourth-order valence-corrected chi connectivity index (χ4v) is 2.28. The summed E-state index contributed by atoms with van der Waals surface area (Å²) in [6.07, 6.45) is 3.92. The van der Waals surface area contributed by atoms with E-state index in [0.717, 1.165) is 31.3 Å². The maximum atomic E-state index is 10.5. The maximum absolute atomic E-state index is 10.5. The highest BCUT2D eigenvalue weighted by Crippen LogP contribution is 2.43. The molecule has 1 aliphatic carbocycles. The quantitative estimate of drug-likeness (QED) is 0.671. The molecule has 1 heterocycles. The fourth-order valence-electron chi connectivity index (χ4n) is 2.28. The van der Waals surface area contributed by atoms with Crippen LogP contribution >= 0.6 is 0 Å². The lowest BCUT2D eigenvalue weighted by Crippen LogP contribution is -2.46. The summed E-state index contributed by atoms with van der Waals surface area (Å²) in [5.41, 5.74) is 0. The van der Waals surface area contributed by atoms with Gasteiger partial charge in [-0.1, -0.05) is 0 Å². The van der Waals surface area contributed by atoms with Crippen molar-refractivity contribution < 1.29 is 9.90 Å². The Bertz CT molecular complexity index is 197. The molecule has 0 bridgehead atoms. The van der Waals surface area contributed by atoms with Gasteiger partial charge in [0.1, 0.15) is 0 Å². The fraction of sp³-hybridized carbons (Fsp3) is 0.900. The normalized spacial score (nSPS) is 25.2. The van der Waals surface area contributed by atoms with Crippen molar-refractivity contribution in [3.8, 4) is 0 Å². The molecule has 1 saturated heterocycles. The van der Waals surface area contributed by atoms with Crippen molar-refractivity contribution in [3.63, 3.8) is 0 Å². The van der Waals surface area contributed by atoms with Gasteiger partial charge in [0.25, 0.3) is 0 Å². The van der Waals surface area contributed by atoms with Gasteiger partial charge in [0.15, 0.2) is 0 Å². The van der Waals surface area contributed by atoms with Crippen LogP contribution in [0.1, 0.15) is 25.7 Å². The van der Waals surface area contributed by atoms with E-state index in [4.69, 9.17) is 5.11 Å². The van der Waals surface area contributed by atoms with Crippen molar-refractivity contribution in [2.75, 3.05) is 13.1 Å². The summed E-state index contributed by atoms with van der Waals surface area (Å²) >= 11 is 0. The molecule has 2 aliphatic rings. The molecule has 3 nitrogen and oxygen atoms in total. The highest BCUT2D eigenvalue weighted by Gasteiger charge is 2.38. The third-order valence-corrected chi connectivity index (χ3v) is 3.34. The van der Waals surface area contributed by atoms with Crippen molar-refractivity contribution in [1.29, 1.82) is 0 Å². The zero-order valence-corrected chi connectivity index (χ0v) is 7.83. The van der Waals surface area contributed by atoms with Crippen molar-refractivity contribution >= 4 is 5.97 Å². The van der Waals surface area contributed by atoms with Crippen molar-refractivity contribution in [2.24, 2.45) is 17.8 Å². The number of carbonyl (C=O) groups is 1. The molecule has 0 radical (unpaired) electrons. The van der Waals surface area contributed by atoms with Gasteiger partial charge in [-0.05, 0) is 50.1 Å². The smallest absolute Gasteiger partial charge is 0.303 e. The molecule has 3 heteroatoms. The molecule has 0 aromatic carbocycles. The molecule has 0 aromatic heterocycles. The van der Waals surface area contributed by atoms with E-state index in [-0.39, 0.29) is 0 Å². The highest BCUT2D eigenvalue weighted by molar-refractivity contribution is 5.66. The second-order valence-corrected chi connectivity index (χ2v) is 4.35. The first kappa shape index (κ1) is 9.00. The zero-order chi connectivity index (χ0) is 9.26. The number of nitrogens with one attached hydrogen (secondary N) is 1. The predicted molar refractivity (Wildman–Crippen MR) is 49.4 cm³/mol. The summed E-state index contributed by atoms with van der Waals surface area (Å²) in [5.74, 6) is 1.67. The third kappa shape index (κ3) is 2.21. The minimum Gasteiger partial charge on any atom is -0.481 e. The summed E-state index contributed by atoms with van der Waals surface area (Å²) in [4.78, 5) is 10.5. The summed E-state index contributed by atoms with van der Waals surface area (Å²) in [6.45, 7) is 2.22. The maximum Gasteiger partial charge on any atom is 0.303 e. The van der Waals surface area contributed by atoms with Gasteiger partial charge in [0.05, 0.1) is 0 Å². The van der Waals surface area contributed by atoms with E-state index in [9.17, 15) is 4.79 Å². The van der Waals surface area contributed by atoms with Crippen LogP contribution in [0.25, 0.3) is 0 Å². The topological polar surface area (TPSA) is 49.3 Å². The first-order valence-corrected chi connectivity index (χ1v) is 5.20. The summed E-state index contributed by atoms with van der Waals surface area (Å²) in [6, 6.07) is 0. The van der Waals surface area contributed by atoms with E-state index in [0.29, 0.717) is 12.3 Å². The van der Waals surface area contributed by atoms with E-state index in [1.807, 2.05) is 0 Å². The predicted octanol–water partition coefficient (Wildman–Crippen LogP) is 1.10. The molecule has 1 unspecified atom stereocenters. The van der Waals surface area contributed by atoms with Crippen LogP contribution in [0.3, 0.4) is 0 Å². The van der Waals surface area contributed by atoms with Crippen LogP contribution in [-0.2, 0) is 4.79 Å². The summed E-state index contributed by atoms with van der Waals surface area (Å²) < 4.78 is 0. The molecule has 1 aliphatic heterocycles. The van der Waals surface area contributed by atoms with E-state index in [1.165, 1.54) is 12.8 Å². The van der Waals surface area contributed by atoms with Crippen LogP contribution in [0.2, 0.25) is 0 Å². The van der Waals surface area contributed by atoms with Crippen LogP contribution in [-0.4, -0.2) is 24.2 Å². The molecule has 2 rings (SSSR count). The SMILES string of the molecule is O=C(O)CCC(C1CC1)C1CNC1. The van der Waals surface area contributed by atoms with Gasteiger partial charge in [-0.2, -0.15) is 0 Å². The van der Waals surface area contributed by atoms with E-state index in [1.54, 1.807) is 0 Å². The Hall–Kier alpha value is -0.570. The van der Waals surface area contributed by atoms with Gasteiger partial charge in [-0.25, -0.2) is 0 Å². The van der Waals surface area contributed by atoms with E-state index >= 15 is 0 Å². The number of carboxylic acid groups (broad SMARTS) is 1. The largest absolute Gasteiger partial charge is 0.481 e. The zero-order valence-electron chi connectivity index (χ0n) is 7.83. The number of hydrogen-bond donors (Lipinski definition) is 2. The molecule has 2 fully saturated rings. The average Bonchev–Trinajstić information content (AvgIpc) is 2.75. The molecule has 13 heavy (non-hydrogen) atoms. The van der Waals surface area contributed by atoms with Crippen LogP contribution in [0.5, 0.6) is 0 Å². The minimum atomic E-state index is -0.641. The number of carboxylic acids is 1. The van der Waals surface area contributed by atoms with Crippen molar-refractivity contribution in [3.05, 3.63) is 0 Å². The lowest BCUT2D eigenvalue weighted by molar-refractivity contribution is -0.137. The van der Waals surface area contributed by atoms with Crippen molar-refractivity contribution in [1.82, 2.24) is 5.32 Å². The van der Waals surface area contributed by atoms with Crippen molar-refractivity contribution in [2.45, 2.75) is 25.7 Å². The summed E-state index contributed by atoms with van der Waals surface area (Å²) in [7, 11) is 0. The lowest BCUT2D eigenvalue weighted by atomic mass is 9.81. The molecule has 0 amide bonds. The van der Waals surface area contributed by atoms with E-state index in [2.05, 4.69) is 5.32 Å². The lowest BCUT2D eigenvalue weighted by Gasteiger charge is -2.34. The number of hydrogen-bond acceptors (Lipinski definition) is 2. The van der Waals surface area contributed by atoms with Gasteiger partial charge < -0.3 is 10.4 Å². The number of aliphatic carboxylic acids is 1. The Kier molecular flexibility index (Phi) is 2.54. The molecule has 0 spiro atoms. The Morgan fingerprint density at radius 1 is 1.38 bits per heavy atom. The second-order valence-electron chi connectivity index (χ2n) is 4.35. The van der Waals surface area contributed by atoms with E-state index < -0.39 is 5.97 Å². The molecule has 74 valence electrons.